The van der Waals surface area contributed by atoms with Gasteiger partial charge in [0.2, 0.25) is 0 Å². The van der Waals surface area contributed by atoms with E-state index in [0.29, 0.717) is 5.69 Å². The van der Waals surface area contributed by atoms with Gasteiger partial charge in [0.15, 0.2) is 0 Å². The van der Waals surface area contributed by atoms with Crippen molar-refractivity contribution in [3.8, 4) is 0 Å². The van der Waals surface area contributed by atoms with Gasteiger partial charge in [0.1, 0.15) is 0 Å². The molecule has 2 aromatic rings. The Hall–Kier alpha value is -1.98. The molecule has 0 saturated heterocycles. The standard InChI is InChI=1S/C15H13ClN2O2S/c1-21-12-5-2-10(3-6-12)9-17-18-11-4-7-14(16)13(8-11)15(19)20/h2-9,18H,1H3,(H,19,20)/b17-9-. The molecule has 0 bridgehead atoms. The topological polar surface area (TPSA) is 61.7 Å². The first-order valence-corrected chi connectivity index (χ1v) is 7.66. The number of nitrogens with zero attached hydrogens (tertiary/aromatic N) is 1. The fraction of sp³-hybridized carbons (Fsp3) is 0.0667. The number of hydrogen-bond acceptors (Lipinski definition) is 4. The van der Waals surface area contributed by atoms with E-state index in [1.165, 1.54) is 17.0 Å². The van der Waals surface area contributed by atoms with Crippen molar-refractivity contribution in [3.63, 3.8) is 0 Å². The Morgan fingerprint density at radius 3 is 2.62 bits per heavy atom. The molecule has 0 aliphatic carbocycles. The van der Waals surface area contributed by atoms with Gasteiger partial charge in [0.05, 0.1) is 22.5 Å². The Bertz CT molecular complexity index is 672. The molecule has 4 nitrogen and oxygen atoms in total. The number of rotatable bonds is 5. The lowest BCUT2D eigenvalue weighted by Gasteiger charge is -2.03. The highest BCUT2D eigenvalue weighted by molar-refractivity contribution is 7.98. The number of aromatic carboxylic acids is 1. The van der Waals surface area contributed by atoms with Gasteiger partial charge in [-0.05, 0) is 42.2 Å². The molecule has 0 saturated carbocycles. The molecule has 2 N–H and O–H groups in total. The highest BCUT2D eigenvalue weighted by atomic mass is 35.5. The lowest BCUT2D eigenvalue weighted by molar-refractivity contribution is 0.0697. The van der Waals surface area contributed by atoms with Gasteiger partial charge in [-0.2, -0.15) is 5.10 Å². The van der Waals surface area contributed by atoms with Crippen LogP contribution >= 0.6 is 23.4 Å². The molecule has 0 aromatic heterocycles. The first-order valence-electron chi connectivity index (χ1n) is 6.06. The summed E-state index contributed by atoms with van der Waals surface area (Å²) in [6, 6.07) is 12.6. The fourth-order valence-corrected chi connectivity index (χ4v) is 2.24. The zero-order valence-corrected chi connectivity index (χ0v) is 12.8. The summed E-state index contributed by atoms with van der Waals surface area (Å²) in [7, 11) is 0. The van der Waals surface area contributed by atoms with Crippen LogP contribution in [0.4, 0.5) is 5.69 Å². The van der Waals surface area contributed by atoms with E-state index in [0.717, 1.165) is 5.56 Å². The summed E-state index contributed by atoms with van der Waals surface area (Å²) in [5, 5.41) is 13.3. The monoisotopic (exact) mass is 320 g/mol. The number of carboxylic acids is 1. The first kappa shape index (κ1) is 15.4. The van der Waals surface area contributed by atoms with Crippen molar-refractivity contribution in [2.24, 2.45) is 5.10 Å². The van der Waals surface area contributed by atoms with Gasteiger partial charge in [-0.1, -0.05) is 23.7 Å². The van der Waals surface area contributed by atoms with Gasteiger partial charge in [-0.15, -0.1) is 11.8 Å². The minimum atomic E-state index is -1.07. The third-order valence-corrected chi connectivity index (χ3v) is 3.79. The van der Waals surface area contributed by atoms with E-state index in [1.54, 1.807) is 24.0 Å². The van der Waals surface area contributed by atoms with Crippen molar-refractivity contribution in [1.82, 2.24) is 0 Å². The summed E-state index contributed by atoms with van der Waals surface area (Å²) in [5.74, 6) is -1.07. The van der Waals surface area contributed by atoms with Crippen molar-refractivity contribution in [2.75, 3.05) is 11.7 Å². The van der Waals surface area contributed by atoms with Crippen molar-refractivity contribution in [1.29, 1.82) is 0 Å². The molecule has 0 atom stereocenters. The van der Waals surface area contributed by atoms with E-state index in [4.69, 9.17) is 16.7 Å². The van der Waals surface area contributed by atoms with Crippen LogP contribution in [0.5, 0.6) is 0 Å². The van der Waals surface area contributed by atoms with E-state index in [9.17, 15) is 4.79 Å². The largest absolute Gasteiger partial charge is 0.478 e. The van der Waals surface area contributed by atoms with Crippen LogP contribution in [-0.2, 0) is 0 Å². The lowest BCUT2D eigenvalue weighted by Crippen LogP contribution is -1.99. The second-order valence-corrected chi connectivity index (χ2v) is 5.43. The van der Waals surface area contributed by atoms with Crippen molar-refractivity contribution < 1.29 is 9.90 Å². The summed E-state index contributed by atoms with van der Waals surface area (Å²) in [6.07, 6.45) is 3.68. The molecule has 0 unspecified atom stereocenters. The maximum Gasteiger partial charge on any atom is 0.337 e. The Balaban J connectivity index is 2.06. The Morgan fingerprint density at radius 1 is 1.29 bits per heavy atom. The smallest absolute Gasteiger partial charge is 0.337 e. The summed E-state index contributed by atoms with van der Waals surface area (Å²) in [4.78, 5) is 12.2. The molecule has 0 radical (unpaired) electrons. The van der Waals surface area contributed by atoms with E-state index in [-0.39, 0.29) is 10.6 Å². The summed E-state index contributed by atoms with van der Waals surface area (Å²) in [6.45, 7) is 0. The summed E-state index contributed by atoms with van der Waals surface area (Å²) >= 11 is 7.48. The van der Waals surface area contributed by atoms with Gasteiger partial charge < -0.3 is 5.11 Å². The number of thioether (sulfide) groups is 1. The zero-order chi connectivity index (χ0) is 15.2. The molecule has 0 spiro atoms. The average molecular weight is 321 g/mol. The third kappa shape index (κ3) is 4.24. The van der Waals surface area contributed by atoms with Gasteiger partial charge >= 0.3 is 5.97 Å². The highest BCUT2D eigenvalue weighted by Gasteiger charge is 2.08. The number of hydrogen-bond donors (Lipinski definition) is 2. The Morgan fingerprint density at radius 2 is 2.00 bits per heavy atom. The van der Waals surface area contributed by atoms with Gasteiger partial charge in [0.25, 0.3) is 0 Å². The maximum absolute atomic E-state index is 11.0. The molecule has 6 heteroatoms. The Labute approximate surface area is 131 Å². The first-order chi connectivity index (χ1) is 10.1. The summed E-state index contributed by atoms with van der Waals surface area (Å²) < 4.78 is 0. The molecule has 0 amide bonds. The maximum atomic E-state index is 11.0. The molecule has 0 aliphatic heterocycles. The van der Waals surface area contributed by atoms with E-state index in [2.05, 4.69) is 10.5 Å². The fourth-order valence-electron chi connectivity index (χ4n) is 1.63. The molecule has 108 valence electrons. The second kappa shape index (κ2) is 7.15. The number of hydrazone groups is 1. The van der Waals surface area contributed by atoms with Crippen molar-refractivity contribution in [3.05, 3.63) is 58.6 Å². The predicted octanol–water partition coefficient (Wildman–Crippen LogP) is 4.21. The quantitative estimate of drug-likeness (QED) is 0.492. The van der Waals surface area contributed by atoms with Crippen LogP contribution in [0.25, 0.3) is 0 Å². The van der Waals surface area contributed by atoms with E-state index in [1.807, 2.05) is 30.5 Å². The number of nitrogens with one attached hydrogen (secondary N) is 1. The molecule has 0 fully saturated rings. The van der Waals surface area contributed by atoms with Gasteiger partial charge in [-0.25, -0.2) is 4.79 Å². The molecule has 0 aliphatic rings. The van der Waals surface area contributed by atoms with Crippen molar-refractivity contribution >= 4 is 41.2 Å². The molecule has 2 aromatic carbocycles. The van der Waals surface area contributed by atoms with Crippen LogP contribution in [-0.4, -0.2) is 23.5 Å². The zero-order valence-electron chi connectivity index (χ0n) is 11.2. The normalized spacial score (nSPS) is 10.8. The van der Waals surface area contributed by atoms with Crippen LogP contribution in [0, 0.1) is 0 Å². The molecular formula is C15H13ClN2O2S. The van der Waals surface area contributed by atoms with Crippen LogP contribution in [0.2, 0.25) is 5.02 Å². The number of halogens is 1. The molecule has 0 heterocycles. The number of anilines is 1. The molecular weight excluding hydrogens is 308 g/mol. The molecule has 2 rings (SSSR count). The van der Waals surface area contributed by atoms with Crippen LogP contribution in [0.3, 0.4) is 0 Å². The minimum absolute atomic E-state index is 0.0428. The van der Waals surface area contributed by atoms with Gasteiger partial charge in [0, 0.05) is 4.90 Å². The number of benzene rings is 2. The van der Waals surface area contributed by atoms with Crippen LogP contribution in [0.1, 0.15) is 15.9 Å². The van der Waals surface area contributed by atoms with Crippen LogP contribution < -0.4 is 5.43 Å². The van der Waals surface area contributed by atoms with Crippen molar-refractivity contribution in [2.45, 2.75) is 4.90 Å². The number of carbonyl (C=O) groups is 1. The highest BCUT2D eigenvalue weighted by Crippen LogP contribution is 2.20. The van der Waals surface area contributed by atoms with Gasteiger partial charge in [-0.3, -0.25) is 5.43 Å². The van der Waals surface area contributed by atoms with E-state index < -0.39 is 5.97 Å². The lowest BCUT2D eigenvalue weighted by atomic mass is 10.2. The van der Waals surface area contributed by atoms with E-state index >= 15 is 0 Å². The summed E-state index contributed by atoms with van der Waals surface area (Å²) in [5.41, 5.74) is 4.34. The number of carboxylic acid groups (broad SMARTS) is 1. The Kier molecular flexibility index (Phi) is 5.25. The third-order valence-electron chi connectivity index (χ3n) is 2.72. The second-order valence-electron chi connectivity index (χ2n) is 4.14. The SMILES string of the molecule is CSc1ccc(/C=N\Nc2ccc(Cl)c(C(=O)O)c2)cc1. The predicted molar refractivity (Wildman–Crippen MR) is 87.9 cm³/mol. The minimum Gasteiger partial charge on any atom is -0.478 e. The van der Waals surface area contributed by atoms with Crippen LogP contribution in [0.15, 0.2) is 52.5 Å². The average Bonchev–Trinajstić information content (AvgIpc) is 2.49. The molecule has 21 heavy (non-hydrogen) atoms.